The van der Waals surface area contributed by atoms with Crippen molar-refractivity contribution in [3.8, 4) is 40.2 Å². The van der Waals surface area contributed by atoms with Crippen molar-refractivity contribution in [2.24, 2.45) is 0 Å². The Kier molecular flexibility index (Phi) is 5.50. The summed E-state index contributed by atoms with van der Waals surface area (Å²) in [4.78, 5) is 2.34. The summed E-state index contributed by atoms with van der Waals surface area (Å²) in [6, 6.07) is 28.9. The van der Waals surface area contributed by atoms with E-state index in [-0.39, 0.29) is 6.61 Å². The van der Waals surface area contributed by atoms with Gasteiger partial charge in [-0.15, -0.1) is 0 Å². The maximum absolute atomic E-state index is 10.5. The number of nitrogens with zero attached hydrogens (tertiary/aromatic N) is 1. The van der Waals surface area contributed by atoms with Crippen molar-refractivity contribution in [2.45, 2.75) is 12.4 Å². The standard InChI is InChI=1S/C37H29GeNO6/c1-38-33-27-13-20(19-40)14-29(33)44-31-17-22(42-3)18-32(35(31)38)45-30-16-21(41-2)15-28(34(30)38)39(27)36-23-9-5-7-11-25(23)37(43-4)26-12-8-6-10-24(26)36/h5-18,40H,19H2,1-4H3. The van der Waals surface area contributed by atoms with Crippen LogP contribution in [0.3, 0.4) is 0 Å². The molecule has 6 aromatic carbocycles. The quantitative estimate of drug-likeness (QED) is 0.165. The average molecular weight is 656 g/mol. The van der Waals surface area contributed by atoms with Crippen molar-refractivity contribution in [1.82, 2.24) is 0 Å². The average Bonchev–Trinajstić information content (AvgIpc) is 3.06. The van der Waals surface area contributed by atoms with Gasteiger partial charge in [-0.1, -0.05) is 0 Å². The second-order valence-electron chi connectivity index (χ2n) is 11.8. The SMILES string of the molecule is COc1cc2[c]3c(c1)Oc1cc(OC)cc4[c]1[Ge]3([CH3])[c]1c(cc(CO)cc1N4c1c3ccccc3c(OC)c3ccccc13)O2. The van der Waals surface area contributed by atoms with Crippen molar-refractivity contribution < 1.29 is 28.8 Å². The van der Waals surface area contributed by atoms with Crippen LogP contribution in [0.25, 0.3) is 21.5 Å². The molecular formula is C37H29GeNO6. The molecule has 0 spiro atoms. The molecule has 9 rings (SSSR count). The Bertz CT molecular complexity index is 2120. The zero-order chi connectivity index (χ0) is 30.6. The number of aliphatic hydroxyl groups excluding tert-OH is 1. The summed E-state index contributed by atoms with van der Waals surface area (Å²) in [5.41, 5.74) is 3.80. The van der Waals surface area contributed by atoms with Gasteiger partial charge in [0.2, 0.25) is 0 Å². The molecule has 0 amide bonds. The normalized spacial score (nSPS) is 16.6. The summed E-state index contributed by atoms with van der Waals surface area (Å²) in [6.07, 6.45) is 0. The molecule has 1 N–H and O–H groups in total. The van der Waals surface area contributed by atoms with Crippen LogP contribution in [0.15, 0.2) is 84.9 Å². The number of rotatable bonds is 5. The van der Waals surface area contributed by atoms with Gasteiger partial charge in [0.05, 0.1) is 0 Å². The first kappa shape index (κ1) is 26.5. The number of hydrogen-bond acceptors (Lipinski definition) is 7. The molecule has 1 atom stereocenters. The molecule has 3 aliphatic heterocycles. The molecule has 0 aliphatic carbocycles. The van der Waals surface area contributed by atoms with E-state index in [4.69, 9.17) is 23.7 Å². The molecule has 8 heteroatoms. The Morgan fingerprint density at radius 2 is 1.11 bits per heavy atom. The fourth-order valence-corrected chi connectivity index (χ4v) is 17.5. The van der Waals surface area contributed by atoms with Crippen molar-refractivity contribution in [1.29, 1.82) is 0 Å². The summed E-state index contributed by atoms with van der Waals surface area (Å²) in [7, 11) is 5.06. The molecule has 1 unspecified atom stereocenters. The van der Waals surface area contributed by atoms with Gasteiger partial charge >= 0.3 is 263 Å². The molecule has 45 heavy (non-hydrogen) atoms. The third kappa shape index (κ3) is 3.34. The van der Waals surface area contributed by atoms with Crippen LogP contribution in [0.4, 0.5) is 17.1 Å². The van der Waals surface area contributed by atoms with Crippen LogP contribution in [0, 0.1) is 0 Å². The van der Waals surface area contributed by atoms with E-state index in [0.29, 0.717) is 11.5 Å². The van der Waals surface area contributed by atoms with Crippen molar-refractivity contribution >= 4 is 65.1 Å². The zero-order valence-electron chi connectivity index (χ0n) is 25.2. The zero-order valence-corrected chi connectivity index (χ0v) is 27.3. The third-order valence-electron chi connectivity index (χ3n) is 9.59. The van der Waals surface area contributed by atoms with Crippen LogP contribution < -0.4 is 41.8 Å². The maximum atomic E-state index is 10.5. The predicted octanol–water partition coefficient (Wildman–Crippen LogP) is 6.61. The fourth-order valence-electron chi connectivity index (χ4n) is 7.81. The second kappa shape index (κ2) is 9.33. The number of fused-ring (bicyclic) bond motifs is 2. The van der Waals surface area contributed by atoms with Crippen LogP contribution in [-0.4, -0.2) is 39.7 Å². The van der Waals surface area contributed by atoms with Crippen LogP contribution in [0.1, 0.15) is 5.56 Å². The van der Waals surface area contributed by atoms with E-state index in [1.165, 1.54) is 8.79 Å². The Hall–Kier alpha value is -4.86. The van der Waals surface area contributed by atoms with Gasteiger partial charge in [0.1, 0.15) is 0 Å². The Labute approximate surface area is 262 Å². The molecule has 6 aromatic rings. The summed E-state index contributed by atoms with van der Waals surface area (Å²) in [5, 5.41) is 14.7. The Morgan fingerprint density at radius 3 is 1.64 bits per heavy atom. The van der Waals surface area contributed by atoms with Gasteiger partial charge in [-0.25, -0.2) is 0 Å². The predicted molar refractivity (Wildman–Crippen MR) is 179 cm³/mol. The van der Waals surface area contributed by atoms with E-state index in [2.05, 4.69) is 59.2 Å². The number of ether oxygens (including phenoxy) is 5. The minimum atomic E-state index is -3.49. The van der Waals surface area contributed by atoms with Crippen molar-refractivity contribution in [3.05, 3.63) is 90.5 Å². The van der Waals surface area contributed by atoms with Crippen molar-refractivity contribution in [2.75, 3.05) is 26.2 Å². The first-order valence-electron chi connectivity index (χ1n) is 14.9. The third-order valence-corrected chi connectivity index (χ3v) is 19.0. The summed E-state index contributed by atoms with van der Waals surface area (Å²) in [6.45, 7) is -0.124. The van der Waals surface area contributed by atoms with Crippen LogP contribution >= 0.6 is 0 Å². The van der Waals surface area contributed by atoms with Crippen molar-refractivity contribution in [3.63, 3.8) is 0 Å². The summed E-state index contributed by atoms with van der Waals surface area (Å²) < 4.78 is 34.7. The number of aliphatic hydroxyl groups is 1. The molecule has 222 valence electrons. The molecule has 0 bridgehead atoms. The molecule has 7 nitrogen and oxygen atoms in total. The summed E-state index contributed by atoms with van der Waals surface area (Å²) >= 11 is -3.49. The monoisotopic (exact) mass is 657 g/mol. The topological polar surface area (TPSA) is 69.6 Å². The molecule has 3 aliphatic rings. The van der Waals surface area contributed by atoms with E-state index in [0.717, 1.165) is 77.3 Å². The number of hydrogen-bond donors (Lipinski definition) is 1. The second-order valence-corrected chi connectivity index (χ2v) is 19.7. The first-order valence-corrected chi connectivity index (χ1v) is 20.1. The van der Waals surface area contributed by atoms with E-state index in [1.54, 1.807) is 21.3 Å². The molecule has 0 fully saturated rings. The van der Waals surface area contributed by atoms with Gasteiger partial charge in [-0.3, -0.25) is 0 Å². The molecule has 0 saturated carbocycles. The number of methoxy groups -OCH3 is 3. The summed E-state index contributed by atoms with van der Waals surface area (Å²) in [5.74, 6) is 7.69. The number of benzene rings is 6. The fraction of sp³-hybridized carbons (Fsp3) is 0.135. The van der Waals surface area contributed by atoms with E-state index in [1.807, 2.05) is 36.4 Å². The minimum absolute atomic E-state index is 0.124. The van der Waals surface area contributed by atoms with Crippen LogP contribution in [-0.2, 0) is 6.61 Å². The molecule has 0 saturated heterocycles. The van der Waals surface area contributed by atoms with Gasteiger partial charge in [0.15, 0.2) is 0 Å². The van der Waals surface area contributed by atoms with E-state index in [9.17, 15) is 5.11 Å². The van der Waals surface area contributed by atoms with Gasteiger partial charge in [0.25, 0.3) is 0 Å². The van der Waals surface area contributed by atoms with Crippen LogP contribution in [0.5, 0.6) is 40.2 Å². The van der Waals surface area contributed by atoms with Gasteiger partial charge < -0.3 is 0 Å². The van der Waals surface area contributed by atoms with E-state index >= 15 is 0 Å². The van der Waals surface area contributed by atoms with E-state index < -0.39 is 13.3 Å². The molecule has 0 aromatic heterocycles. The van der Waals surface area contributed by atoms with Gasteiger partial charge in [-0.2, -0.15) is 0 Å². The van der Waals surface area contributed by atoms with Crippen LogP contribution in [0.2, 0.25) is 5.76 Å². The molecular weight excluding hydrogens is 627 g/mol. The number of anilines is 3. The Balaban J connectivity index is 1.49. The molecule has 0 radical (unpaired) electrons. The van der Waals surface area contributed by atoms with Gasteiger partial charge in [-0.05, 0) is 0 Å². The Morgan fingerprint density at radius 1 is 0.622 bits per heavy atom. The van der Waals surface area contributed by atoms with Gasteiger partial charge in [0, 0.05) is 0 Å². The first-order chi connectivity index (χ1) is 22.0. The molecule has 3 heterocycles.